The van der Waals surface area contributed by atoms with E-state index in [0.717, 1.165) is 33.4 Å². The maximum atomic E-state index is 15.4. The van der Waals surface area contributed by atoms with Gasteiger partial charge in [0, 0.05) is 0 Å². The van der Waals surface area contributed by atoms with E-state index in [0.29, 0.717) is 8.92 Å². The van der Waals surface area contributed by atoms with Gasteiger partial charge in [-0.05, 0) is 0 Å². The molecule has 0 saturated heterocycles. The van der Waals surface area contributed by atoms with Crippen molar-refractivity contribution in [2.45, 2.75) is 41.5 Å². The maximum absolute atomic E-state index is 15.4. The molecule has 2 aromatic carbocycles. The standard InChI is InChI=1S/C18H22F2Se/c1-11-7-13(3)17(14(4)8-11)21(19,20)18-15(5)9-12(2)10-16(18)6/h7-10H,1-6H3. The van der Waals surface area contributed by atoms with E-state index < -0.39 is 13.8 Å². The van der Waals surface area contributed by atoms with Crippen molar-refractivity contribution >= 4 is 22.7 Å². The predicted molar refractivity (Wildman–Crippen MR) is 88.5 cm³/mol. The van der Waals surface area contributed by atoms with E-state index in [-0.39, 0.29) is 0 Å². The summed E-state index contributed by atoms with van der Waals surface area (Å²) in [5, 5.41) is 0. The van der Waals surface area contributed by atoms with Gasteiger partial charge < -0.3 is 0 Å². The zero-order valence-electron chi connectivity index (χ0n) is 13.5. The molecule has 0 aliphatic carbocycles. The van der Waals surface area contributed by atoms with E-state index in [2.05, 4.69) is 0 Å². The Balaban J connectivity index is 2.74. The van der Waals surface area contributed by atoms with Crippen LogP contribution in [0.5, 0.6) is 0 Å². The Hall–Kier alpha value is -1.18. The Labute approximate surface area is 129 Å². The number of aryl methyl sites for hydroxylation is 6. The first-order valence-electron chi connectivity index (χ1n) is 7.03. The van der Waals surface area contributed by atoms with Crippen LogP contribution in [0.4, 0.5) is 7.10 Å². The van der Waals surface area contributed by atoms with Crippen LogP contribution in [0.15, 0.2) is 24.3 Å². The van der Waals surface area contributed by atoms with Gasteiger partial charge in [-0.1, -0.05) is 0 Å². The predicted octanol–water partition coefficient (Wildman–Crippen LogP) is 4.03. The van der Waals surface area contributed by atoms with E-state index in [1.165, 1.54) is 0 Å². The van der Waals surface area contributed by atoms with Gasteiger partial charge in [-0.3, -0.25) is 0 Å². The molecule has 3 heteroatoms. The third kappa shape index (κ3) is 2.90. The average molecular weight is 355 g/mol. The SMILES string of the molecule is Cc1cc(C)c([Se](F)(F)c2c(C)cc(C)cc2C)c(C)c1. The molecule has 0 atom stereocenters. The molecule has 114 valence electrons. The molecule has 2 aromatic rings. The molecular formula is C18H22F2Se. The van der Waals surface area contributed by atoms with E-state index >= 15 is 7.10 Å². The van der Waals surface area contributed by atoms with Crippen molar-refractivity contribution in [1.82, 2.24) is 0 Å². The number of rotatable bonds is 2. The van der Waals surface area contributed by atoms with Crippen molar-refractivity contribution in [1.29, 1.82) is 0 Å². The summed E-state index contributed by atoms with van der Waals surface area (Å²) < 4.78 is 31.3. The summed E-state index contributed by atoms with van der Waals surface area (Å²) in [7, 11) is 0. The fourth-order valence-corrected chi connectivity index (χ4v) is 7.56. The van der Waals surface area contributed by atoms with Crippen molar-refractivity contribution in [3.05, 3.63) is 57.6 Å². The molecule has 0 aromatic heterocycles. The second-order valence-corrected chi connectivity index (χ2v) is 9.61. The van der Waals surface area contributed by atoms with Gasteiger partial charge in [-0.25, -0.2) is 0 Å². The van der Waals surface area contributed by atoms with Gasteiger partial charge in [-0.2, -0.15) is 0 Å². The van der Waals surface area contributed by atoms with Crippen molar-refractivity contribution in [2.24, 2.45) is 0 Å². The summed E-state index contributed by atoms with van der Waals surface area (Å²) in [6, 6.07) is 7.47. The van der Waals surface area contributed by atoms with Gasteiger partial charge in [0.05, 0.1) is 0 Å². The Morgan fingerprint density at radius 3 is 1.05 bits per heavy atom. The summed E-state index contributed by atoms with van der Waals surface area (Å²) in [4.78, 5) is 0. The molecule has 0 unspecified atom stereocenters. The fourth-order valence-electron chi connectivity index (χ4n) is 3.24. The monoisotopic (exact) mass is 356 g/mol. The van der Waals surface area contributed by atoms with Crippen molar-refractivity contribution in [3.63, 3.8) is 0 Å². The summed E-state index contributed by atoms with van der Waals surface area (Å²) >= 11 is -4.89. The van der Waals surface area contributed by atoms with Crippen molar-refractivity contribution < 1.29 is 7.10 Å². The molecule has 0 heterocycles. The molecule has 2 rings (SSSR count). The van der Waals surface area contributed by atoms with Crippen molar-refractivity contribution in [3.8, 4) is 0 Å². The van der Waals surface area contributed by atoms with Crippen LogP contribution in [0, 0.1) is 41.5 Å². The average Bonchev–Trinajstić information content (AvgIpc) is 2.23. The van der Waals surface area contributed by atoms with E-state index in [1.54, 1.807) is 27.7 Å². The normalized spacial score (nSPS) is 12.6. The zero-order chi connectivity index (χ0) is 15.9. The molecule has 0 aliphatic rings. The van der Waals surface area contributed by atoms with E-state index in [9.17, 15) is 0 Å². The Morgan fingerprint density at radius 2 is 0.810 bits per heavy atom. The van der Waals surface area contributed by atoms with Gasteiger partial charge in [0.1, 0.15) is 0 Å². The van der Waals surface area contributed by atoms with Gasteiger partial charge in [0.2, 0.25) is 0 Å². The third-order valence-corrected chi connectivity index (χ3v) is 8.58. The minimum absolute atomic E-state index is 0.298. The number of hydrogen-bond acceptors (Lipinski definition) is 0. The first-order chi connectivity index (χ1) is 9.64. The van der Waals surface area contributed by atoms with Crippen molar-refractivity contribution in [2.75, 3.05) is 0 Å². The number of halogens is 2. The van der Waals surface area contributed by atoms with Crippen LogP contribution < -0.4 is 8.92 Å². The van der Waals surface area contributed by atoms with Crippen LogP contribution in [0.25, 0.3) is 0 Å². The first kappa shape index (κ1) is 16.2. The van der Waals surface area contributed by atoms with Crippen LogP contribution in [0.3, 0.4) is 0 Å². The Morgan fingerprint density at radius 1 is 0.571 bits per heavy atom. The van der Waals surface area contributed by atoms with Crippen LogP contribution >= 0.6 is 0 Å². The van der Waals surface area contributed by atoms with E-state index in [4.69, 9.17) is 0 Å². The van der Waals surface area contributed by atoms with Gasteiger partial charge >= 0.3 is 129 Å². The fraction of sp³-hybridized carbons (Fsp3) is 0.333. The van der Waals surface area contributed by atoms with Gasteiger partial charge in [-0.15, -0.1) is 0 Å². The molecule has 21 heavy (non-hydrogen) atoms. The van der Waals surface area contributed by atoms with Crippen LogP contribution in [0.1, 0.15) is 33.4 Å². The van der Waals surface area contributed by atoms with Gasteiger partial charge in [0.25, 0.3) is 0 Å². The summed E-state index contributed by atoms with van der Waals surface area (Å²) in [5.74, 6) is 0. The molecule has 0 N–H and O–H groups in total. The summed E-state index contributed by atoms with van der Waals surface area (Å²) in [6.45, 7) is 11.1. The second kappa shape index (κ2) is 5.55. The molecule has 0 aliphatic heterocycles. The molecule has 0 amide bonds. The first-order valence-corrected chi connectivity index (χ1v) is 10.0. The zero-order valence-corrected chi connectivity index (χ0v) is 15.2. The summed E-state index contributed by atoms with van der Waals surface area (Å²) in [5.41, 5.74) is 4.96. The second-order valence-electron chi connectivity index (χ2n) is 5.92. The Kier molecular flexibility index (Phi) is 4.28. The minimum atomic E-state index is -4.89. The number of benzene rings is 2. The molecular weight excluding hydrogens is 333 g/mol. The molecule has 0 saturated carbocycles. The van der Waals surface area contributed by atoms with Crippen LogP contribution in [-0.4, -0.2) is 13.8 Å². The quantitative estimate of drug-likeness (QED) is 0.714. The van der Waals surface area contributed by atoms with Gasteiger partial charge in [0.15, 0.2) is 0 Å². The van der Waals surface area contributed by atoms with Crippen LogP contribution in [0.2, 0.25) is 0 Å². The molecule has 0 spiro atoms. The summed E-state index contributed by atoms with van der Waals surface area (Å²) in [6.07, 6.45) is 0. The molecule has 0 nitrogen and oxygen atoms in total. The molecule has 0 radical (unpaired) electrons. The molecule has 0 bridgehead atoms. The topological polar surface area (TPSA) is 0 Å². The molecule has 0 fully saturated rings. The Bertz CT molecular complexity index is 597. The van der Waals surface area contributed by atoms with Crippen LogP contribution in [-0.2, 0) is 0 Å². The van der Waals surface area contributed by atoms with E-state index in [1.807, 2.05) is 38.1 Å². The third-order valence-electron chi connectivity index (χ3n) is 3.72. The number of hydrogen-bond donors (Lipinski definition) is 0.